The van der Waals surface area contributed by atoms with Crippen LogP contribution in [-0.4, -0.2) is 15.1 Å². The fraction of sp³-hybridized carbons (Fsp3) is 0.357. The largest absolute Gasteiger partial charge is 0.446 e. The Labute approximate surface area is 124 Å². The number of nitrogens with two attached hydrogens (primary N) is 1. The summed E-state index contributed by atoms with van der Waals surface area (Å²) in [6.45, 7) is 0. The van der Waals surface area contributed by atoms with Gasteiger partial charge < -0.3 is 10.3 Å². The molecule has 0 saturated heterocycles. The molecule has 1 aromatic heterocycles. The van der Waals surface area contributed by atoms with Crippen LogP contribution in [0.5, 0.6) is 0 Å². The van der Waals surface area contributed by atoms with E-state index in [1.54, 1.807) is 12.1 Å². The van der Waals surface area contributed by atoms with Gasteiger partial charge in [-0.2, -0.15) is 13.2 Å². The van der Waals surface area contributed by atoms with Gasteiger partial charge in [0.05, 0.1) is 0 Å². The van der Waals surface area contributed by atoms with Crippen LogP contribution in [0.4, 0.5) is 19.0 Å². The Bertz CT molecular complexity index is 657. The van der Waals surface area contributed by atoms with Crippen molar-refractivity contribution in [2.75, 3.05) is 5.73 Å². The molecule has 1 heterocycles. The quantitative estimate of drug-likeness (QED) is 0.865. The zero-order chi connectivity index (χ0) is 15.2. The van der Waals surface area contributed by atoms with Crippen LogP contribution in [0, 0.1) is 0 Å². The van der Waals surface area contributed by atoms with E-state index in [4.69, 9.17) is 5.73 Å². The van der Waals surface area contributed by atoms with Crippen LogP contribution >= 0.6 is 11.8 Å². The van der Waals surface area contributed by atoms with Gasteiger partial charge in [-0.3, -0.25) is 0 Å². The number of nitrogen functional groups attached to an aromatic ring is 1. The second-order valence-electron chi connectivity index (χ2n) is 5.11. The van der Waals surface area contributed by atoms with Crippen molar-refractivity contribution in [1.82, 2.24) is 9.55 Å². The zero-order valence-electron chi connectivity index (χ0n) is 11.3. The Morgan fingerprint density at radius 3 is 2.38 bits per heavy atom. The predicted molar refractivity (Wildman–Crippen MR) is 76.9 cm³/mol. The summed E-state index contributed by atoms with van der Waals surface area (Å²) < 4.78 is 38.8. The van der Waals surface area contributed by atoms with Crippen molar-refractivity contribution in [2.45, 2.75) is 29.2 Å². The van der Waals surface area contributed by atoms with Gasteiger partial charge in [0.15, 0.2) is 0 Å². The number of imidazole rings is 1. The molecule has 21 heavy (non-hydrogen) atoms. The molecule has 1 aromatic carbocycles. The third kappa shape index (κ3) is 3.02. The number of benzene rings is 1. The van der Waals surface area contributed by atoms with Gasteiger partial charge in [-0.1, -0.05) is 12.1 Å². The number of aromatic nitrogens is 2. The van der Waals surface area contributed by atoms with Gasteiger partial charge in [0, 0.05) is 23.4 Å². The molecule has 0 amide bonds. The Kier molecular flexibility index (Phi) is 3.39. The molecule has 3 nitrogen and oxygen atoms in total. The highest BCUT2D eigenvalue weighted by Crippen LogP contribution is 2.42. The molecule has 1 saturated carbocycles. The van der Waals surface area contributed by atoms with Crippen molar-refractivity contribution < 1.29 is 13.2 Å². The molecule has 0 aliphatic heterocycles. The number of rotatable bonds is 3. The maximum absolute atomic E-state index is 12.3. The van der Waals surface area contributed by atoms with E-state index in [2.05, 4.69) is 4.98 Å². The summed E-state index contributed by atoms with van der Waals surface area (Å²) in [6, 6.07) is 6.14. The molecule has 0 atom stereocenters. The molecule has 1 aliphatic rings. The molecular formula is C14H14F3N3S. The first-order chi connectivity index (χ1) is 9.85. The van der Waals surface area contributed by atoms with Crippen LogP contribution in [0.2, 0.25) is 0 Å². The van der Waals surface area contributed by atoms with E-state index in [1.165, 1.54) is 12.1 Å². The first-order valence-electron chi connectivity index (χ1n) is 6.53. The second-order valence-corrected chi connectivity index (χ2v) is 6.25. The topological polar surface area (TPSA) is 43.8 Å². The van der Waals surface area contributed by atoms with Gasteiger partial charge in [-0.25, -0.2) is 4.98 Å². The first-order valence-corrected chi connectivity index (χ1v) is 7.35. The average Bonchev–Trinajstić information content (AvgIpc) is 3.19. The monoisotopic (exact) mass is 313 g/mol. The molecule has 2 N–H and O–H groups in total. The highest BCUT2D eigenvalue weighted by Gasteiger charge is 2.30. The van der Waals surface area contributed by atoms with Crippen LogP contribution < -0.4 is 5.73 Å². The van der Waals surface area contributed by atoms with Gasteiger partial charge in [0.25, 0.3) is 0 Å². The van der Waals surface area contributed by atoms with Crippen molar-refractivity contribution in [3.63, 3.8) is 0 Å². The number of halogens is 3. The van der Waals surface area contributed by atoms with Crippen molar-refractivity contribution in [3.8, 4) is 11.3 Å². The third-order valence-corrected chi connectivity index (χ3v) is 4.22. The molecule has 0 radical (unpaired) electrons. The number of thioether (sulfide) groups is 1. The highest BCUT2D eigenvalue weighted by atomic mass is 32.2. The smallest absolute Gasteiger partial charge is 0.383 e. The summed E-state index contributed by atoms with van der Waals surface area (Å²) in [5, 5.41) is 0. The lowest BCUT2D eigenvalue weighted by atomic mass is 10.1. The SMILES string of the molecule is Cn1c(C2CC2)nc(-c2ccc(SC(F)(F)F)cc2)c1N. The van der Waals surface area contributed by atoms with E-state index < -0.39 is 5.51 Å². The molecule has 1 aliphatic carbocycles. The van der Waals surface area contributed by atoms with Crippen molar-refractivity contribution in [2.24, 2.45) is 7.05 Å². The number of nitrogens with zero attached hydrogens (tertiary/aromatic N) is 2. The molecule has 0 unspecified atom stereocenters. The number of alkyl halides is 3. The van der Waals surface area contributed by atoms with Gasteiger partial charge in [0.2, 0.25) is 0 Å². The molecule has 3 rings (SSSR count). The van der Waals surface area contributed by atoms with E-state index in [9.17, 15) is 13.2 Å². The summed E-state index contributed by atoms with van der Waals surface area (Å²) >= 11 is -0.125. The fourth-order valence-electron chi connectivity index (χ4n) is 2.26. The summed E-state index contributed by atoms with van der Waals surface area (Å²) in [7, 11) is 1.87. The maximum Gasteiger partial charge on any atom is 0.446 e. The van der Waals surface area contributed by atoms with Crippen LogP contribution in [0.1, 0.15) is 24.6 Å². The fourth-order valence-corrected chi connectivity index (χ4v) is 2.80. The Hall–Kier alpha value is -1.63. The highest BCUT2D eigenvalue weighted by molar-refractivity contribution is 8.00. The van der Waals surface area contributed by atoms with E-state index in [-0.39, 0.29) is 16.7 Å². The number of hydrogen-bond acceptors (Lipinski definition) is 3. The molecule has 1 fully saturated rings. The van der Waals surface area contributed by atoms with Gasteiger partial charge >= 0.3 is 5.51 Å². The molecular weight excluding hydrogens is 299 g/mol. The van der Waals surface area contributed by atoms with Crippen LogP contribution in [0.15, 0.2) is 29.2 Å². The third-order valence-electron chi connectivity index (χ3n) is 3.48. The lowest BCUT2D eigenvalue weighted by Crippen LogP contribution is -2.00. The van der Waals surface area contributed by atoms with Crippen LogP contribution in [0.25, 0.3) is 11.3 Å². The molecule has 0 bridgehead atoms. The first kappa shape index (κ1) is 14.3. The van der Waals surface area contributed by atoms with Crippen LogP contribution in [-0.2, 0) is 7.05 Å². The van der Waals surface area contributed by atoms with Crippen LogP contribution in [0.3, 0.4) is 0 Å². The molecule has 7 heteroatoms. The van der Waals surface area contributed by atoms with Crippen molar-refractivity contribution in [1.29, 1.82) is 0 Å². The minimum absolute atomic E-state index is 0.125. The zero-order valence-corrected chi connectivity index (χ0v) is 12.1. The molecule has 112 valence electrons. The number of anilines is 1. The Morgan fingerprint density at radius 2 is 1.86 bits per heavy atom. The second kappa shape index (κ2) is 4.98. The minimum atomic E-state index is -4.27. The summed E-state index contributed by atoms with van der Waals surface area (Å²) in [4.78, 5) is 4.71. The predicted octanol–water partition coefficient (Wildman–Crippen LogP) is 4.16. The average molecular weight is 313 g/mol. The van der Waals surface area contributed by atoms with Gasteiger partial charge in [-0.05, 0) is 36.7 Å². The number of hydrogen-bond donors (Lipinski definition) is 1. The standard InChI is InChI=1S/C14H14F3N3S/c1-20-12(18)11(19-13(20)9-2-3-9)8-4-6-10(7-5-8)21-14(15,16)17/h4-7,9H,2-3,18H2,1H3. The van der Waals surface area contributed by atoms with E-state index in [0.717, 1.165) is 24.2 Å². The normalized spacial score (nSPS) is 15.4. The lowest BCUT2D eigenvalue weighted by Gasteiger charge is -2.06. The van der Waals surface area contributed by atoms with Crippen molar-refractivity contribution in [3.05, 3.63) is 30.1 Å². The molecule has 2 aromatic rings. The van der Waals surface area contributed by atoms with E-state index in [0.29, 0.717) is 17.4 Å². The molecule has 0 spiro atoms. The van der Waals surface area contributed by atoms with Gasteiger partial charge in [-0.15, -0.1) is 0 Å². The van der Waals surface area contributed by atoms with E-state index >= 15 is 0 Å². The van der Waals surface area contributed by atoms with Crippen molar-refractivity contribution >= 4 is 17.6 Å². The summed E-state index contributed by atoms with van der Waals surface area (Å²) in [6.07, 6.45) is 2.23. The lowest BCUT2D eigenvalue weighted by molar-refractivity contribution is -0.0328. The summed E-state index contributed by atoms with van der Waals surface area (Å²) in [5.41, 5.74) is 3.16. The summed E-state index contributed by atoms with van der Waals surface area (Å²) in [5.74, 6) is 1.97. The minimum Gasteiger partial charge on any atom is -0.383 e. The van der Waals surface area contributed by atoms with E-state index in [1.807, 2.05) is 11.6 Å². The Morgan fingerprint density at radius 1 is 1.24 bits per heavy atom. The van der Waals surface area contributed by atoms with Gasteiger partial charge in [0.1, 0.15) is 17.3 Å². The maximum atomic E-state index is 12.3. The Balaban J connectivity index is 1.89.